The molecular formula is C15H18BrN5. The fourth-order valence-electron chi connectivity index (χ4n) is 2.59. The first-order valence-electron chi connectivity index (χ1n) is 7.16. The molecule has 0 amide bonds. The Labute approximate surface area is 133 Å². The molecule has 1 unspecified atom stereocenters. The molecule has 0 saturated carbocycles. The summed E-state index contributed by atoms with van der Waals surface area (Å²) in [6.07, 6.45) is 9.65. The third-order valence-electron chi connectivity index (χ3n) is 3.61. The number of halogens is 1. The smallest absolute Gasteiger partial charge is 0.225 e. The van der Waals surface area contributed by atoms with Gasteiger partial charge in [0, 0.05) is 54.9 Å². The lowest BCUT2D eigenvalue weighted by molar-refractivity contribution is 0.418. The fourth-order valence-corrected chi connectivity index (χ4v) is 3.01. The molecule has 0 bridgehead atoms. The molecule has 1 atom stereocenters. The molecule has 1 fully saturated rings. The Kier molecular flexibility index (Phi) is 4.77. The zero-order valence-corrected chi connectivity index (χ0v) is 13.3. The van der Waals surface area contributed by atoms with Gasteiger partial charge >= 0.3 is 0 Å². The number of hydrogen-bond acceptors (Lipinski definition) is 5. The van der Waals surface area contributed by atoms with Gasteiger partial charge in [-0.05, 0) is 46.5 Å². The molecule has 110 valence electrons. The molecule has 1 saturated heterocycles. The highest BCUT2D eigenvalue weighted by molar-refractivity contribution is 9.10. The molecule has 3 rings (SSSR count). The highest BCUT2D eigenvalue weighted by atomic mass is 79.9. The molecule has 6 heteroatoms. The van der Waals surface area contributed by atoms with Crippen LogP contribution in [0.15, 0.2) is 41.4 Å². The Hall–Kier alpha value is -1.53. The van der Waals surface area contributed by atoms with E-state index in [1.807, 2.05) is 12.3 Å². The van der Waals surface area contributed by atoms with E-state index < -0.39 is 0 Å². The molecule has 1 aliphatic rings. The van der Waals surface area contributed by atoms with Crippen molar-refractivity contribution in [3.63, 3.8) is 0 Å². The molecule has 3 heterocycles. The largest absolute Gasteiger partial charge is 0.339 e. The van der Waals surface area contributed by atoms with Gasteiger partial charge in [0.25, 0.3) is 0 Å². The number of aromatic nitrogens is 3. The van der Waals surface area contributed by atoms with E-state index >= 15 is 0 Å². The van der Waals surface area contributed by atoms with Crippen LogP contribution < -0.4 is 10.2 Å². The van der Waals surface area contributed by atoms with Crippen LogP contribution in [0.5, 0.6) is 0 Å². The van der Waals surface area contributed by atoms with Gasteiger partial charge in [-0.3, -0.25) is 4.98 Å². The molecule has 0 aromatic carbocycles. The van der Waals surface area contributed by atoms with Gasteiger partial charge < -0.3 is 10.2 Å². The SMILES string of the molecule is Brc1cncc(CNC2CCCN(c3ncccn3)C2)c1. The van der Waals surface area contributed by atoms with Crippen molar-refractivity contribution < 1.29 is 0 Å². The number of rotatable bonds is 4. The van der Waals surface area contributed by atoms with E-state index in [9.17, 15) is 0 Å². The first-order chi connectivity index (χ1) is 10.3. The second-order valence-electron chi connectivity index (χ2n) is 5.23. The first-order valence-corrected chi connectivity index (χ1v) is 7.95. The summed E-state index contributed by atoms with van der Waals surface area (Å²) in [5.74, 6) is 0.827. The maximum atomic E-state index is 4.34. The minimum absolute atomic E-state index is 0.460. The van der Waals surface area contributed by atoms with Crippen LogP contribution in [0, 0.1) is 0 Å². The normalized spacial score (nSPS) is 18.7. The fraction of sp³-hybridized carbons (Fsp3) is 0.400. The summed E-state index contributed by atoms with van der Waals surface area (Å²) in [5, 5.41) is 3.61. The van der Waals surface area contributed by atoms with Gasteiger partial charge in [-0.1, -0.05) is 0 Å². The van der Waals surface area contributed by atoms with E-state index in [0.717, 1.165) is 36.5 Å². The average molecular weight is 348 g/mol. The van der Waals surface area contributed by atoms with Crippen molar-refractivity contribution in [1.82, 2.24) is 20.3 Å². The standard InChI is InChI=1S/C15H18BrN5/c16-13-7-12(8-17-10-13)9-20-14-3-1-6-21(11-14)15-18-4-2-5-19-15/h2,4-5,7-8,10,14,20H,1,3,6,9,11H2. The van der Waals surface area contributed by atoms with Crippen molar-refractivity contribution in [2.24, 2.45) is 0 Å². The molecule has 0 radical (unpaired) electrons. The van der Waals surface area contributed by atoms with Gasteiger partial charge in [-0.25, -0.2) is 9.97 Å². The Morgan fingerprint density at radius 3 is 2.95 bits per heavy atom. The van der Waals surface area contributed by atoms with Crippen molar-refractivity contribution in [1.29, 1.82) is 0 Å². The number of nitrogens with zero attached hydrogens (tertiary/aromatic N) is 4. The van der Waals surface area contributed by atoms with Gasteiger partial charge in [-0.15, -0.1) is 0 Å². The van der Waals surface area contributed by atoms with Crippen molar-refractivity contribution >= 4 is 21.9 Å². The van der Waals surface area contributed by atoms with Gasteiger partial charge in [0.15, 0.2) is 0 Å². The van der Waals surface area contributed by atoms with Crippen LogP contribution in [0.25, 0.3) is 0 Å². The number of hydrogen-bond donors (Lipinski definition) is 1. The van der Waals surface area contributed by atoms with Crippen LogP contribution >= 0.6 is 15.9 Å². The van der Waals surface area contributed by atoms with Crippen LogP contribution in [-0.4, -0.2) is 34.1 Å². The summed E-state index contributed by atoms with van der Waals surface area (Å²) >= 11 is 3.45. The van der Waals surface area contributed by atoms with E-state index in [0.29, 0.717) is 6.04 Å². The predicted octanol–water partition coefficient (Wildman–Crippen LogP) is 2.39. The lowest BCUT2D eigenvalue weighted by Crippen LogP contribution is -2.46. The Bertz CT molecular complexity index is 577. The van der Waals surface area contributed by atoms with E-state index in [1.54, 1.807) is 18.6 Å². The maximum Gasteiger partial charge on any atom is 0.225 e. The molecule has 0 aliphatic carbocycles. The van der Waals surface area contributed by atoms with Gasteiger partial charge in [0.2, 0.25) is 5.95 Å². The lowest BCUT2D eigenvalue weighted by Gasteiger charge is -2.33. The minimum atomic E-state index is 0.460. The maximum absolute atomic E-state index is 4.34. The highest BCUT2D eigenvalue weighted by Crippen LogP contribution is 2.16. The summed E-state index contributed by atoms with van der Waals surface area (Å²) in [5.41, 5.74) is 1.19. The van der Waals surface area contributed by atoms with Crippen molar-refractivity contribution in [2.45, 2.75) is 25.4 Å². The Balaban J connectivity index is 1.57. The quantitative estimate of drug-likeness (QED) is 0.920. The third-order valence-corrected chi connectivity index (χ3v) is 4.05. The van der Waals surface area contributed by atoms with Crippen molar-refractivity contribution in [3.05, 3.63) is 47.0 Å². The summed E-state index contributed by atoms with van der Waals surface area (Å²) < 4.78 is 1.02. The predicted molar refractivity (Wildman–Crippen MR) is 86.0 cm³/mol. The van der Waals surface area contributed by atoms with Gasteiger partial charge in [0.05, 0.1) is 0 Å². The minimum Gasteiger partial charge on any atom is -0.339 e. The molecular weight excluding hydrogens is 330 g/mol. The van der Waals surface area contributed by atoms with Gasteiger partial charge in [0.1, 0.15) is 0 Å². The topological polar surface area (TPSA) is 53.9 Å². The molecule has 2 aromatic heterocycles. The van der Waals surface area contributed by atoms with Crippen LogP contribution in [0.3, 0.4) is 0 Å². The second kappa shape index (κ2) is 6.95. The summed E-state index contributed by atoms with van der Waals surface area (Å²) in [6, 6.07) is 4.41. The van der Waals surface area contributed by atoms with Crippen molar-refractivity contribution in [2.75, 3.05) is 18.0 Å². The Morgan fingerprint density at radius 1 is 1.29 bits per heavy atom. The van der Waals surface area contributed by atoms with Crippen LogP contribution in [-0.2, 0) is 6.54 Å². The monoisotopic (exact) mass is 347 g/mol. The van der Waals surface area contributed by atoms with E-state index in [4.69, 9.17) is 0 Å². The Morgan fingerprint density at radius 2 is 2.14 bits per heavy atom. The summed E-state index contributed by atoms with van der Waals surface area (Å²) in [4.78, 5) is 15.1. The average Bonchev–Trinajstić information content (AvgIpc) is 2.54. The number of pyridine rings is 1. The third kappa shape index (κ3) is 3.98. The van der Waals surface area contributed by atoms with E-state index in [2.05, 4.69) is 47.2 Å². The van der Waals surface area contributed by atoms with Crippen molar-refractivity contribution in [3.8, 4) is 0 Å². The molecule has 2 aromatic rings. The molecule has 5 nitrogen and oxygen atoms in total. The lowest BCUT2D eigenvalue weighted by atomic mass is 10.1. The van der Waals surface area contributed by atoms with Crippen LogP contribution in [0.4, 0.5) is 5.95 Å². The van der Waals surface area contributed by atoms with Crippen LogP contribution in [0.1, 0.15) is 18.4 Å². The highest BCUT2D eigenvalue weighted by Gasteiger charge is 2.21. The zero-order chi connectivity index (χ0) is 14.5. The number of nitrogens with one attached hydrogen (secondary N) is 1. The van der Waals surface area contributed by atoms with E-state index in [-0.39, 0.29) is 0 Å². The first kappa shape index (κ1) is 14.4. The summed E-state index contributed by atoms with van der Waals surface area (Å²) in [6.45, 7) is 2.81. The molecule has 1 aliphatic heterocycles. The second-order valence-corrected chi connectivity index (χ2v) is 6.14. The number of anilines is 1. The molecule has 21 heavy (non-hydrogen) atoms. The van der Waals surface area contributed by atoms with E-state index in [1.165, 1.54) is 12.0 Å². The zero-order valence-electron chi connectivity index (χ0n) is 11.7. The molecule has 0 spiro atoms. The summed E-state index contributed by atoms with van der Waals surface area (Å²) in [7, 11) is 0. The number of piperidine rings is 1. The molecule has 1 N–H and O–H groups in total. The van der Waals surface area contributed by atoms with Gasteiger partial charge in [-0.2, -0.15) is 0 Å². The van der Waals surface area contributed by atoms with Crippen LogP contribution in [0.2, 0.25) is 0 Å².